The predicted molar refractivity (Wildman–Crippen MR) is 134 cm³/mol. The largest absolute Gasteiger partial charge is 0.455 e. The maximum Gasteiger partial charge on any atom is 0.320 e. The molecular weight excluding hydrogens is 467 g/mol. The van der Waals surface area contributed by atoms with Gasteiger partial charge in [-0.1, -0.05) is 60.7 Å². The van der Waals surface area contributed by atoms with Crippen LogP contribution in [0.4, 0.5) is 11.4 Å². The van der Waals surface area contributed by atoms with Crippen molar-refractivity contribution in [3.63, 3.8) is 0 Å². The van der Waals surface area contributed by atoms with E-state index in [2.05, 4.69) is 5.32 Å². The normalized spacial score (nSPS) is 14.1. The fourth-order valence-corrected chi connectivity index (χ4v) is 7.72. The zero-order valence-electron chi connectivity index (χ0n) is 19.4. The molecular formula is C26H25N2O6P. The van der Waals surface area contributed by atoms with Gasteiger partial charge in [0.15, 0.2) is 13.7 Å². The molecule has 1 aliphatic carbocycles. The number of esters is 1. The van der Waals surface area contributed by atoms with Crippen molar-refractivity contribution in [2.45, 2.75) is 31.8 Å². The van der Waals surface area contributed by atoms with Gasteiger partial charge in [0.25, 0.3) is 11.6 Å². The minimum absolute atomic E-state index is 0.0273. The van der Waals surface area contributed by atoms with Gasteiger partial charge in [-0.15, -0.1) is 0 Å². The van der Waals surface area contributed by atoms with Crippen molar-refractivity contribution >= 4 is 41.0 Å². The molecule has 1 fully saturated rings. The summed E-state index contributed by atoms with van der Waals surface area (Å²) in [6.07, 6.45) is 0.744. The van der Waals surface area contributed by atoms with Crippen LogP contribution in [-0.4, -0.2) is 28.6 Å². The lowest BCUT2D eigenvalue weighted by Gasteiger charge is -2.27. The fourth-order valence-electron chi connectivity index (χ4n) is 4.19. The summed E-state index contributed by atoms with van der Waals surface area (Å²) in [5.41, 5.74) is 1.27. The zero-order valence-corrected chi connectivity index (χ0v) is 20.3. The zero-order chi connectivity index (χ0) is 25.2. The number of carbonyl (C=O) groups excluding carboxylic acids is 2. The molecule has 0 aromatic heterocycles. The summed E-state index contributed by atoms with van der Waals surface area (Å²) in [5.74, 6) is -1.42. The Balaban J connectivity index is 1.55. The fraction of sp³-hybridized carbons (Fsp3) is 0.231. The molecule has 9 heteroatoms. The highest BCUT2D eigenvalue weighted by molar-refractivity contribution is 7.81. The van der Waals surface area contributed by atoms with Gasteiger partial charge in [-0.05, 0) is 43.9 Å². The van der Waals surface area contributed by atoms with Crippen LogP contribution in [0.1, 0.15) is 24.0 Å². The molecule has 0 atom stereocenters. The molecule has 0 unspecified atom stereocenters. The average Bonchev–Trinajstić information content (AvgIpc) is 3.67. The van der Waals surface area contributed by atoms with E-state index in [0.29, 0.717) is 23.5 Å². The number of hydrogen-bond acceptors (Lipinski definition) is 6. The predicted octanol–water partition coefficient (Wildman–Crippen LogP) is 4.24. The van der Waals surface area contributed by atoms with Crippen molar-refractivity contribution in [3.8, 4) is 0 Å². The second kappa shape index (κ2) is 9.47. The molecule has 8 nitrogen and oxygen atoms in total. The molecule has 35 heavy (non-hydrogen) atoms. The third-order valence-electron chi connectivity index (χ3n) is 6.36. The number of hydrogen-bond donors (Lipinski definition) is 1. The summed E-state index contributed by atoms with van der Waals surface area (Å²) in [6, 6.07) is 20.6. The Labute approximate surface area is 202 Å². The maximum absolute atomic E-state index is 14.6. The highest BCUT2D eigenvalue weighted by Gasteiger charge is 2.65. The van der Waals surface area contributed by atoms with Gasteiger partial charge in [0.1, 0.15) is 10.8 Å². The molecule has 1 saturated carbocycles. The van der Waals surface area contributed by atoms with E-state index in [9.17, 15) is 24.3 Å². The number of benzene rings is 3. The quantitative estimate of drug-likeness (QED) is 0.218. The Kier molecular flexibility index (Phi) is 6.59. The average molecular weight is 492 g/mol. The standard InChI is InChI=1S/C26H25N2O6P/c1-18-15-22(23(28(31)32)16-19(18)2)27-24(29)17-34-25(30)26(13-14-26)35(33,20-9-5-3-6-10-20)21-11-7-4-8-12-21/h3-12,15-16H,13-14,17H2,1-2H3,(H,27,29). The Hall–Kier alpha value is -3.77. The van der Waals surface area contributed by atoms with Gasteiger partial charge in [-0.3, -0.25) is 19.7 Å². The first kappa shape index (κ1) is 24.4. The van der Waals surface area contributed by atoms with Crippen LogP contribution in [-0.2, 0) is 18.9 Å². The van der Waals surface area contributed by atoms with Crippen LogP contribution in [0, 0.1) is 24.0 Å². The van der Waals surface area contributed by atoms with Crippen molar-refractivity contribution in [2.24, 2.45) is 0 Å². The van der Waals surface area contributed by atoms with Crippen LogP contribution < -0.4 is 15.9 Å². The van der Waals surface area contributed by atoms with Gasteiger partial charge in [-0.2, -0.15) is 0 Å². The molecule has 180 valence electrons. The maximum atomic E-state index is 14.6. The Morgan fingerprint density at radius 1 is 0.971 bits per heavy atom. The number of nitrogens with zero attached hydrogens (tertiary/aromatic N) is 1. The molecule has 0 heterocycles. The number of rotatable bonds is 8. The lowest BCUT2D eigenvalue weighted by molar-refractivity contribution is -0.384. The number of carbonyl (C=O) groups is 2. The minimum atomic E-state index is -3.43. The Morgan fingerprint density at radius 3 is 1.97 bits per heavy atom. The number of anilines is 1. The number of amides is 1. The summed E-state index contributed by atoms with van der Waals surface area (Å²) >= 11 is 0. The monoisotopic (exact) mass is 492 g/mol. The first-order valence-corrected chi connectivity index (χ1v) is 12.8. The second-order valence-electron chi connectivity index (χ2n) is 8.65. The van der Waals surface area contributed by atoms with Crippen molar-refractivity contribution in [1.29, 1.82) is 0 Å². The topological polar surface area (TPSA) is 116 Å². The van der Waals surface area contributed by atoms with Crippen LogP contribution in [0.3, 0.4) is 0 Å². The van der Waals surface area contributed by atoms with Crippen LogP contribution in [0.25, 0.3) is 0 Å². The molecule has 1 N–H and O–H groups in total. The van der Waals surface area contributed by atoms with Gasteiger partial charge in [0.2, 0.25) is 0 Å². The molecule has 1 amide bonds. The molecule has 0 radical (unpaired) electrons. The molecule has 3 aromatic rings. The van der Waals surface area contributed by atoms with Crippen molar-refractivity contribution < 1.29 is 23.8 Å². The van der Waals surface area contributed by atoms with E-state index < -0.39 is 35.7 Å². The van der Waals surface area contributed by atoms with Crippen LogP contribution in [0.5, 0.6) is 0 Å². The van der Waals surface area contributed by atoms with Crippen molar-refractivity contribution in [3.05, 3.63) is 94.0 Å². The lowest BCUT2D eigenvalue weighted by atomic mass is 10.1. The van der Waals surface area contributed by atoms with Gasteiger partial charge >= 0.3 is 5.97 Å². The Morgan fingerprint density at radius 2 is 1.49 bits per heavy atom. The van der Waals surface area contributed by atoms with E-state index in [1.807, 2.05) is 12.1 Å². The SMILES string of the molecule is Cc1cc(NC(=O)COC(=O)C2(P(=O)(c3ccccc3)c3ccccc3)CC2)c([N+](=O)[O-])cc1C. The molecule has 0 spiro atoms. The highest BCUT2D eigenvalue weighted by atomic mass is 31.2. The Bertz CT molecular complexity index is 1290. The van der Waals surface area contributed by atoms with Gasteiger partial charge in [-0.25, -0.2) is 0 Å². The first-order chi connectivity index (χ1) is 16.7. The van der Waals surface area contributed by atoms with E-state index in [4.69, 9.17) is 4.74 Å². The van der Waals surface area contributed by atoms with Gasteiger partial charge in [0, 0.05) is 16.7 Å². The third-order valence-corrected chi connectivity index (χ3v) is 10.2. The molecule has 4 rings (SSSR count). The summed E-state index contributed by atoms with van der Waals surface area (Å²) in [4.78, 5) is 36.6. The van der Waals surface area contributed by atoms with E-state index in [0.717, 1.165) is 11.1 Å². The molecule has 1 aliphatic rings. The molecule has 0 bridgehead atoms. The summed E-state index contributed by atoms with van der Waals surface area (Å²) in [6.45, 7) is 2.87. The summed E-state index contributed by atoms with van der Waals surface area (Å²) in [5, 5.41) is 13.7. The number of nitrogens with one attached hydrogen (secondary N) is 1. The summed E-state index contributed by atoms with van der Waals surface area (Å²) < 4.78 is 19.9. The molecule has 0 aliphatic heterocycles. The smallest absolute Gasteiger partial charge is 0.320 e. The minimum Gasteiger partial charge on any atom is -0.455 e. The number of nitro groups is 1. The highest BCUT2D eigenvalue weighted by Crippen LogP contribution is 2.68. The van der Waals surface area contributed by atoms with E-state index in [-0.39, 0.29) is 11.4 Å². The van der Waals surface area contributed by atoms with E-state index in [1.54, 1.807) is 62.4 Å². The van der Waals surface area contributed by atoms with Crippen molar-refractivity contribution in [1.82, 2.24) is 0 Å². The second-order valence-corrected chi connectivity index (χ2v) is 11.8. The van der Waals surface area contributed by atoms with Gasteiger partial charge < -0.3 is 14.6 Å². The molecule has 0 saturated heterocycles. The molecule has 3 aromatic carbocycles. The number of ether oxygens (including phenoxy) is 1. The van der Waals surface area contributed by atoms with Crippen molar-refractivity contribution in [2.75, 3.05) is 11.9 Å². The van der Waals surface area contributed by atoms with Crippen LogP contribution >= 0.6 is 7.14 Å². The van der Waals surface area contributed by atoms with Crippen LogP contribution in [0.2, 0.25) is 0 Å². The van der Waals surface area contributed by atoms with E-state index >= 15 is 0 Å². The van der Waals surface area contributed by atoms with Crippen LogP contribution in [0.15, 0.2) is 72.8 Å². The van der Waals surface area contributed by atoms with Gasteiger partial charge in [0.05, 0.1) is 4.92 Å². The third kappa shape index (κ3) is 4.49. The van der Waals surface area contributed by atoms with E-state index in [1.165, 1.54) is 12.1 Å². The summed E-state index contributed by atoms with van der Waals surface area (Å²) in [7, 11) is -3.43. The number of nitro benzene ring substituents is 1. The lowest BCUT2D eigenvalue weighted by Crippen LogP contribution is -2.36. The number of aryl methyl sites for hydroxylation is 2. The first-order valence-electron chi connectivity index (χ1n) is 11.1.